The van der Waals surface area contributed by atoms with E-state index in [1.807, 2.05) is 0 Å². The van der Waals surface area contributed by atoms with Crippen LogP contribution < -0.4 is 4.74 Å². The molecule has 1 saturated carbocycles. The SMILES string of the molecule is COc1ncnc2c1nc(CCl)n2C1CC1. The number of alkyl halides is 1. The minimum atomic E-state index is 0.385. The first-order valence-electron chi connectivity index (χ1n) is 5.17. The first-order valence-corrected chi connectivity index (χ1v) is 5.70. The van der Waals surface area contributed by atoms with E-state index in [1.165, 1.54) is 19.2 Å². The van der Waals surface area contributed by atoms with Crippen LogP contribution in [-0.2, 0) is 5.88 Å². The highest BCUT2D eigenvalue weighted by Crippen LogP contribution is 2.39. The highest BCUT2D eigenvalue weighted by atomic mass is 35.5. The van der Waals surface area contributed by atoms with Crippen molar-refractivity contribution in [3.05, 3.63) is 12.2 Å². The molecule has 0 aromatic carbocycles. The Morgan fingerprint density at radius 1 is 1.50 bits per heavy atom. The molecule has 0 N–H and O–H groups in total. The molecule has 0 aliphatic heterocycles. The fraction of sp³-hybridized carbons (Fsp3) is 0.500. The fourth-order valence-corrected chi connectivity index (χ4v) is 2.08. The highest BCUT2D eigenvalue weighted by molar-refractivity contribution is 6.16. The van der Waals surface area contributed by atoms with Crippen LogP contribution in [0.1, 0.15) is 24.7 Å². The summed E-state index contributed by atoms with van der Waals surface area (Å²) in [6, 6.07) is 0.498. The summed E-state index contributed by atoms with van der Waals surface area (Å²) in [6.07, 6.45) is 3.84. The number of hydrogen-bond donors (Lipinski definition) is 0. The molecule has 3 rings (SSSR count). The van der Waals surface area contributed by atoms with Gasteiger partial charge in [0, 0.05) is 6.04 Å². The normalized spacial score (nSPS) is 15.6. The molecule has 0 unspecified atom stereocenters. The van der Waals surface area contributed by atoms with Gasteiger partial charge in [0.2, 0.25) is 5.88 Å². The van der Waals surface area contributed by atoms with E-state index in [1.54, 1.807) is 7.11 Å². The third kappa shape index (κ3) is 1.35. The minimum Gasteiger partial charge on any atom is -0.479 e. The van der Waals surface area contributed by atoms with Gasteiger partial charge in [0.1, 0.15) is 12.2 Å². The quantitative estimate of drug-likeness (QED) is 0.767. The van der Waals surface area contributed by atoms with E-state index >= 15 is 0 Å². The fourth-order valence-electron chi connectivity index (χ4n) is 1.89. The summed E-state index contributed by atoms with van der Waals surface area (Å²) in [5, 5.41) is 0. The molecule has 6 heteroatoms. The standard InChI is InChI=1S/C10H11ClN4O/c1-16-10-8-9(12-5-13-10)15(6-2-3-6)7(4-11)14-8/h5-6H,2-4H2,1H3. The van der Waals surface area contributed by atoms with Gasteiger partial charge in [-0.15, -0.1) is 11.6 Å². The Morgan fingerprint density at radius 3 is 2.94 bits per heavy atom. The zero-order valence-electron chi connectivity index (χ0n) is 8.85. The summed E-state index contributed by atoms with van der Waals surface area (Å²) in [6.45, 7) is 0. The van der Waals surface area contributed by atoms with Gasteiger partial charge in [-0.1, -0.05) is 0 Å². The van der Waals surface area contributed by atoms with Crippen molar-refractivity contribution in [3.8, 4) is 5.88 Å². The molecule has 2 heterocycles. The second-order valence-corrected chi connectivity index (χ2v) is 4.09. The molecule has 0 radical (unpaired) electrons. The maximum atomic E-state index is 5.90. The van der Waals surface area contributed by atoms with Crippen LogP contribution in [0.4, 0.5) is 0 Å². The summed E-state index contributed by atoms with van der Waals surface area (Å²) < 4.78 is 7.27. The third-order valence-electron chi connectivity index (χ3n) is 2.74. The van der Waals surface area contributed by atoms with Crippen LogP contribution >= 0.6 is 11.6 Å². The van der Waals surface area contributed by atoms with E-state index in [-0.39, 0.29) is 0 Å². The molecule has 1 aliphatic carbocycles. The second kappa shape index (κ2) is 3.59. The largest absolute Gasteiger partial charge is 0.479 e. The van der Waals surface area contributed by atoms with Crippen molar-refractivity contribution in [2.24, 2.45) is 0 Å². The van der Waals surface area contributed by atoms with Gasteiger partial charge in [-0.3, -0.25) is 0 Å². The van der Waals surface area contributed by atoms with Gasteiger partial charge in [-0.05, 0) is 12.8 Å². The molecule has 0 saturated heterocycles. The minimum absolute atomic E-state index is 0.385. The lowest BCUT2D eigenvalue weighted by molar-refractivity contribution is 0.401. The van der Waals surface area contributed by atoms with E-state index in [2.05, 4.69) is 19.5 Å². The number of aromatic nitrogens is 4. The molecule has 5 nitrogen and oxygen atoms in total. The maximum absolute atomic E-state index is 5.90. The smallest absolute Gasteiger partial charge is 0.245 e. The first kappa shape index (κ1) is 9.84. The molecular formula is C10H11ClN4O. The third-order valence-corrected chi connectivity index (χ3v) is 2.98. The molecule has 0 amide bonds. The van der Waals surface area contributed by atoms with Gasteiger partial charge < -0.3 is 9.30 Å². The van der Waals surface area contributed by atoms with Crippen LogP contribution in [0, 0.1) is 0 Å². The summed E-state index contributed by atoms with van der Waals surface area (Å²) >= 11 is 5.90. The Kier molecular flexibility index (Phi) is 2.21. The van der Waals surface area contributed by atoms with Gasteiger partial charge in [-0.2, -0.15) is 4.98 Å². The van der Waals surface area contributed by atoms with E-state index in [9.17, 15) is 0 Å². The summed E-state index contributed by atoms with van der Waals surface area (Å²) in [5.41, 5.74) is 1.53. The molecule has 1 aliphatic rings. The topological polar surface area (TPSA) is 52.8 Å². The molecular weight excluding hydrogens is 228 g/mol. The van der Waals surface area contributed by atoms with E-state index in [4.69, 9.17) is 16.3 Å². The van der Waals surface area contributed by atoms with Crippen molar-refractivity contribution < 1.29 is 4.74 Å². The predicted molar refractivity (Wildman–Crippen MR) is 59.7 cm³/mol. The van der Waals surface area contributed by atoms with Crippen LogP contribution in [0.15, 0.2) is 6.33 Å². The summed E-state index contributed by atoms with van der Waals surface area (Å²) in [7, 11) is 1.58. The van der Waals surface area contributed by atoms with Crippen LogP contribution in [0.25, 0.3) is 11.2 Å². The molecule has 2 aromatic rings. The lowest BCUT2D eigenvalue weighted by atomic mass is 10.5. The lowest BCUT2D eigenvalue weighted by Crippen LogP contribution is -2.00. The lowest BCUT2D eigenvalue weighted by Gasteiger charge is -2.03. The predicted octanol–water partition coefficient (Wildman–Crippen LogP) is 1.91. The van der Waals surface area contributed by atoms with Crippen molar-refractivity contribution in [1.82, 2.24) is 19.5 Å². The van der Waals surface area contributed by atoms with Gasteiger partial charge >= 0.3 is 0 Å². The Balaban J connectivity index is 2.29. The molecule has 0 bridgehead atoms. The Labute approximate surface area is 97.4 Å². The van der Waals surface area contributed by atoms with Crippen molar-refractivity contribution in [2.75, 3.05) is 7.11 Å². The number of nitrogens with zero attached hydrogens (tertiary/aromatic N) is 4. The van der Waals surface area contributed by atoms with Crippen molar-refractivity contribution in [2.45, 2.75) is 24.8 Å². The van der Waals surface area contributed by atoms with Crippen LogP contribution in [0.3, 0.4) is 0 Å². The average molecular weight is 239 g/mol. The molecule has 16 heavy (non-hydrogen) atoms. The maximum Gasteiger partial charge on any atom is 0.245 e. The Bertz CT molecular complexity index is 535. The zero-order chi connectivity index (χ0) is 11.1. The van der Waals surface area contributed by atoms with Crippen molar-refractivity contribution >= 4 is 22.8 Å². The van der Waals surface area contributed by atoms with Crippen molar-refractivity contribution in [1.29, 1.82) is 0 Å². The van der Waals surface area contributed by atoms with E-state index in [0.29, 0.717) is 23.3 Å². The Hall–Kier alpha value is -1.36. The molecule has 0 atom stereocenters. The summed E-state index contributed by atoms with van der Waals surface area (Å²) in [5.74, 6) is 1.74. The number of methoxy groups -OCH3 is 1. The van der Waals surface area contributed by atoms with Gasteiger partial charge in [-0.25, -0.2) is 9.97 Å². The number of imidazole rings is 1. The number of fused-ring (bicyclic) bond motifs is 1. The Morgan fingerprint density at radius 2 is 2.31 bits per heavy atom. The van der Waals surface area contributed by atoms with Crippen LogP contribution in [0.5, 0.6) is 5.88 Å². The highest BCUT2D eigenvalue weighted by Gasteiger charge is 2.29. The number of rotatable bonds is 3. The molecule has 84 valence electrons. The van der Waals surface area contributed by atoms with Gasteiger partial charge in [0.15, 0.2) is 11.2 Å². The second-order valence-electron chi connectivity index (χ2n) is 3.82. The van der Waals surface area contributed by atoms with E-state index < -0.39 is 0 Å². The average Bonchev–Trinajstić information content (AvgIpc) is 3.08. The van der Waals surface area contributed by atoms with Crippen LogP contribution in [-0.4, -0.2) is 26.6 Å². The molecule has 0 spiro atoms. The van der Waals surface area contributed by atoms with E-state index in [0.717, 1.165) is 11.5 Å². The van der Waals surface area contributed by atoms with Crippen LogP contribution in [0.2, 0.25) is 0 Å². The van der Waals surface area contributed by atoms with Gasteiger partial charge in [0.25, 0.3) is 0 Å². The number of halogens is 1. The zero-order valence-corrected chi connectivity index (χ0v) is 9.61. The monoisotopic (exact) mass is 238 g/mol. The number of ether oxygens (including phenoxy) is 1. The number of hydrogen-bond acceptors (Lipinski definition) is 4. The summed E-state index contributed by atoms with van der Waals surface area (Å²) in [4.78, 5) is 12.8. The van der Waals surface area contributed by atoms with Gasteiger partial charge in [0.05, 0.1) is 13.0 Å². The first-order chi connectivity index (χ1) is 7.85. The molecule has 2 aromatic heterocycles. The molecule has 1 fully saturated rings. The van der Waals surface area contributed by atoms with Crippen molar-refractivity contribution in [3.63, 3.8) is 0 Å².